The highest BCUT2D eigenvalue weighted by molar-refractivity contribution is 5.91. The molecule has 158 valence electrons. The highest BCUT2D eigenvalue weighted by atomic mass is 17.6. The molecular formula is C16H22O12. The zero-order valence-electron chi connectivity index (χ0n) is 14.9. The van der Waals surface area contributed by atoms with E-state index in [2.05, 4.69) is 48.2 Å². The van der Waals surface area contributed by atoms with Crippen molar-refractivity contribution in [1.82, 2.24) is 0 Å². The molecule has 12 nitrogen and oxygen atoms in total. The third-order valence-electron chi connectivity index (χ3n) is 2.63. The van der Waals surface area contributed by atoms with Gasteiger partial charge in [0.25, 0.3) is 0 Å². The summed E-state index contributed by atoms with van der Waals surface area (Å²) < 4.78 is 0. The van der Waals surface area contributed by atoms with E-state index in [-0.39, 0.29) is 22.1 Å². The van der Waals surface area contributed by atoms with Gasteiger partial charge in [-0.05, 0) is 48.2 Å². The van der Waals surface area contributed by atoms with Gasteiger partial charge >= 0.3 is 11.9 Å². The molecule has 2 rings (SSSR count). The van der Waals surface area contributed by atoms with Crippen molar-refractivity contribution in [1.29, 1.82) is 0 Å². The second-order valence-corrected chi connectivity index (χ2v) is 4.49. The number of carbonyl (C=O) groups is 2. The summed E-state index contributed by atoms with van der Waals surface area (Å²) in [5.74, 6) is -2.13. The highest BCUT2D eigenvalue weighted by Gasteiger charge is 2.04. The monoisotopic (exact) mass is 406 g/mol. The first-order valence-corrected chi connectivity index (χ1v) is 6.70. The molecular weight excluding hydrogens is 384 g/mol. The van der Waals surface area contributed by atoms with Crippen LogP contribution in [0.5, 0.6) is 0 Å². The summed E-state index contributed by atoms with van der Waals surface area (Å²) >= 11 is 0. The molecule has 0 fully saturated rings. The van der Waals surface area contributed by atoms with Crippen molar-refractivity contribution in [3.63, 3.8) is 0 Å². The van der Waals surface area contributed by atoms with Crippen molar-refractivity contribution in [3.8, 4) is 0 Å². The van der Waals surface area contributed by atoms with Crippen molar-refractivity contribution in [2.45, 2.75) is 13.8 Å². The SMILES string of the molecule is Cc1ccc(C)cc1.O.O.O=C(O)c1ccc(C(=O)O)cc1.O=O.OOOO. The van der Waals surface area contributed by atoms with E-state index in [1.807, 2.05) is 0 Å². The number of rotatable bonds is 3. The number of aromatic carboxylic acids is 2. The van der Waals surface area contributed by atoms with Crippen LogP contribution in [-0.4, -0.2) is 43.6 Å². The van der Waals surface area contributed by atoms with Crippen molar-refractivity contribution in [3.05, 3.63) is 80.7 Å². The highest BCUT2D eigenvalue weighted by Crippen LogP contribution is 2.03. The molecule has 0 amide bonds. The van der Waals surface area contributed by atoms with Crippen LogP contribution in [0.15, 0.2) is 48.5 Å². The standard InChI is InChI=1S/C8H6O4.C8H10.H2O4.O2.2H2O/c9-7(10)5-1-2-6(4-3-5)8(11)12;1-7-3-5-8(2)6-4-7;1-3-4-2;1-2;;/h1-4H,(H,9,10)(H,11,12);3-6H,1-2H3;1-2H;;2*1H2. The van der Waals surface area contributed by atoms with Crippen LogP contribution in [0.25, 0.3) is 0 Å². The summed E-state index contributed by atoms with van der Waals surface area (Å²) in [4.78, 5) is 34.7. The lowest BCUT2D eigenvalue weighted by Crippen LogP contribution is -1.99. The van der Waals surface area contributed by atoms with E-state index < -0.39 is 11.9 Å². The van der Waals surface area contributed by atoms with E-state index in [9.17, 15) is 9.59 Å². The molecule has 8 N–H and O–H groups in total. The molecule has 2 aromatic carbocycles. The quantitative estimate of drug-likeness (QED) is 0.425. The van der Waals surface area contributed by atoms with Crippen LogP contribution in [0.4, 0.5) is 0 Å². The molecule has 0 radical (unpaired) electrons. The maximum atomic E-state index is 10.3. The van der Waals surface area contributed by atoms with Crippen LogP contribution in [0.3, 0.4) is 0 Å². The summed E-state index contributed by atoms with van der Waals surface area (Å²) in [6.07, 6.45) is 0. The Morgan fingerprint density at radius 3 is 1.00 bits per heavy atom. The molecule has 2 aromatic rings. The van der Waals surface area contributed by atoms with E-state index in [0.717, 1.165) is 0 Å². The Kier molecular flexibility index (Phi) is 23.2. The molecule has 0 unspecified atom stereocenters. The summed E-state index contributed by atoms with van der Waals surface area (Å²) in [5, 5.41) is 35.9. The summed E-state index contributed by atoms with van der Waals surface area (Å²) in [7, 11) is 0. The Bertz CT molecular complexity index is 584. The fraction of sp³-hybridized carbons (Fsp3) is 0.125. The van der Waals surface area contributed by atoms with Crippen LogP contribution in [-0.2, 0) is 10.1 Å². The van der Waals surface area contributed by atoms with E-state index in [1.165, 1.54) is 35.4 Å². The van der Waals surface area contributed by atoms with Crippen LogP contribution in [0.1, 0.15) is 31.8 Å². The van der Waals surface area contributed by atoms with Gasteiger partial charge < -0.3 is 21.2 Å². The molecule has 28 heavy (non-hydrogen) atoms. The lowest BCUT2D eigenvalue weighted by atomic mass is 10.1. The molecule has 12 heteroatoms. The second kappa shape index (κ2) is 20.1. The van der Waals surface area contributed by atoms with Crippen molar-refractivity contribution >= 4 is 11.9 Å². The number of carboxylic acids is 2. The topological polar surface area (TPSA) is 231 Å². The number of carboxylic acid groups (broad SMARTS) is 2. The van der Waals surface area contributed by atoms with Crippen molar-refractivity contribution in [2.75, 3.05) is 0 Å². The number of aryl methyl sites for hydroxylation is 2. The Morgan fingerprint density at radius 1 is 0.643 bits per heavy atom. The first-order valence-electron chi connectivity index (χ1n) is 6.70. The Morgan fingerprint density at radius 2 is 0.857 bits per heavy atom. The van der Waals surface area contributed by atoms with Gasteiger partial charge in [-0.3, -0.25) is 0 Å². The molecule has 0 aliphatic heterocycles. The van der Waals surface area contributed by atoms with Crippen LogP contribution in [0, 0.1) is 23.8 Å². The third kappa shape index (κ3) is 16.2. The smallest absolute Gasteiger partial charge is 0.335 e. The first-order chi connectivity index (χ1) is 12.3. The molecule has 0 spiro atoms. The van der Waals surface area contributed by atoms with Gasteiger partial charge in [0.1, 0.15) is 0 Å². The molecule has 0 aliphatic rings. The van der Waals surface area contributed by atoms with Crippen molar-refractivity contribution < 1.29 is 51.3 Å². The zero-order valence-corrected chi connectivity index (χ0v) is 14.9. The van der Waals surface area contributed by atoms with Gasteiger partial charge in [-0.15, -0.1) is 0 Å². The van der Waals surface area contributed by atoms with Gasteiger partial charge in [-0.1, -0.05) is 35.4 Å². The van der Waals surface area contributed by atoms with Crippen molar-refractivity contribution in [2.24, 2.45) is 0 Å². The molecule has 0 saturated heterocycles. The Labute approximate surface area is 158 Å². The lowest BCUT2D eigenvalue weighted by molar-refractivity contribution is -0.611. The van der Waals surface area contributed by atoms with E-state index in [4.69, 9.17) is 30.7 Å². The molecule has 0 aromatic heterocycles. The van der Waals surface area contributed by atoms with Gasteiger partial charge in [-0.2, -0.15) is 0 Å². The van der Waals surface area contributed by atoms with E-state index >= 15 is 0 Å². The zero-order chi connectivity index (χ0) is 20.5. The van der Waals surface area contributed by atoms with Gasteiger partial charge in [0.05, 0.1) is 11.1 Å². The van der Waals surface area contributed by atoms with E-state index in [0.29, 0.717) is 0 Å². The van der Waals surface area contributed by atoms with Gasteiger partial charge in [0, 0.05) is 9.93 Å². The van der Waals surface area contributed by atoms with Crippen LogP contribution < -0.4 is 0 Å². The first kappa shape index (κ1) is 32.4. The lowest BCUT2D eigenvalue weighted by Gasteiger charge is -1.94. The summed E-state index contributed by atoms with van der Waals surface area (Å²) in [6.45, 7) is 4.19. The molecule has 0 bridgehead atoms. The average Bonchev–Trinajstić information content (AvgIpc) is 2.66. The largest absolute Gasteiger partial charge is 0.478 e. The predicted octanol–water partition coefficient (Wildman–Crippen LogP) is 1.68. The maximum Gasteiger partial charge on any atom is 0.335 e. The number of hydrogen-bond donors (Lipinski definition) is 4. The summed E-state index contributed by atoms with van der Waals surface area (Å²) in [6, 6.07) is 13.5. The minimum absolute atomic E-state index is 0. The normalized spacial score (nSPS) is 7.86. The van der Waals surface area contributed by atoms with Crippen LogP contribution in [0.2, 0.25) is 0 Å². The molecule has 0 atom stereocenters. The fourth-order valence-corrected chi connectivity index (χ4v) is 1.39. The van der Waals surface area contributed by atoms with Gasteiger partial charge in [0.15, 0.2) is 0 Å². The van der Waals surface area contributed by atoms with Gasteiger partial charge in [-0.25, -0.2) is 20.1 Å². The minimum Gasteiger partial charge on any atom is -0.478 e. The maximum absolute atomic E-state index is 10.3. The van der Waals surface area contributed by atoms with Gasteiger partial charge in [0.2, 0.25) is 0 Å². The summed E-state index contributed by atoms with van der Waals surface area (Å²) in [5.41, 5.74) is 2.83. The second-order valence-electron chi connectivity index (χ2n) is 4.49. The molecule has 0 heterocycles. The van der Waals surface area contributed by atoms with Crippen LogP contribution >= 0.6 is 0 Å². The minimum atomic E-state index is -1.06. The Balaban J connectivity index is -0.000000158. The average molecular weight is 406 g/mol. The number of hydrogen-bond acceptors (Lipinski definition) is 8. The predicted molar refractivity (Wildman–Crippen MR) is 97.7 cm³/mol. The Hall–Kier alpha value is -3.26. The fourth-order valence-electron chi connectivity index (χ4n) is 1.39. The number of benzene rings is 2. The third-order valence-corrected chi connectivity index (χ3v) is 2.63. The molecule has 0 saturated carbocycles. The van der Waals surface area contributed by atoms with E-state index in [1.54, 1.807) is 0 Å². The molecule has 0 aliphatic carbocycles.